The molecule has 4 heteroatoms. The first-order chi connectivity index (χ1) is 18.8. The Labute approximate surface area is 218 Å². The van der Waals surface area contributed by atoms with E-state index >= 15 is 0 Å². The van der Waals surface area contributed by atoms with Crippen LogP contribution in [0.3, 0.4) is 0 Å². The third-order valence-corrected chi connectivity index (χ3v) is 7.31. The van der Waals surface area contributed by atoms with Crippen molar-refractivity contribution in [3.8, 4) is 28.4 Å². The second-order valence-electron chi connectivity index (χ2n) is 9.18. The second kappa shape index (κ2) is 8.52. The summed E-state index contributed by atoms with van der Waals surface area (Å²) in [5.74, 6) is 0. The zero-order valence-corrected chi connectivity index (χ0v) is 20.2. The summed E-state index contributed by atoms with van der Waals surface area (Å²) in [6.07, 6.45) is 2.07. The van der Waals surface area contributed by atoms with Gasteiger partial charge in [-0.1, -0.05) is 109 Å². The molecule has 38 heavy (non-hydrogen) atoms. The Balaban J connectivity index is 1.97. The summed E-state index contributed by atoms with van der Waals surface area (Å²) in [7, 11) is 0. The number of fused-ring (bicyclic) bond motifs is 6. The maximum absolute atomic E-state index is 9.80. The van der Waals surface area contributed by atoms with E-state index in [9.17, 15) is 5.26 Å². The quantitative estimate of drug-likeness (QED) is 0.142. The molecule has 7 aromatic carbocycles. The highest BCUT2D eigenvalue weighted by molar-refractivity contribution is 6.34. The minimum Gasteiger partial charge on any atom is -0.181 e. The maximum atomic E-state index is 9.80. The minimum absolute atomic E-state index is 0.671. The number of hydrogen-bond donors (Lipinski definition) is 0. The number of nitrogens with zero attached hydrogens (tertiary/aromatic N) is 4. The molecule has 7 rings (SSSR count). The van der Waals surface area contributed by atoms with E-state index < -0.39 is 0 Å². The molecule has 0 aromatic heterocycles. The lowest BCUT2D eigenvalue weighted by Crippen LogP contribution is -2.03. The molecule has 0 fully saturated rings. The Morgan fingerprint density at radius 2 is 0.947 bits per heavy atom. The molecular formula is C34H18N4. The number of benzene rings is 5. The summed E-state index contributed by atoms with van der Waals surface area (Å²) in [6, 6.07) is 36.7. The van der Waals surface area contributed by atoms with Crippen LogP contribution in [0.4, 0.5) is 0 Å². The summed E-state index contributed by atoms with van der Waals surface area (Å²) in [5, 5.41) is 23.4. The fourth-order valence-corrected chi connectivity index (χ4v) is 5.95. The van der Waals surface area contributed by atoms with E-state index in [0.717, 1.165) is 65.3 Å². The van der Waals surface area contributed by atoms with Gasteiger partial charge in [0.1, 0.15) is 0 Å². The van der Waals surface area contributed by atoms with Gasteiger partial charge in [0.25, 0.3) is 0 Å². The van der Waals surface area contributed by atoms with Crippen LogP contribution in [-0.2, 0) is 0 Å². The summed E-state index contributed by atoms with van der Waals surface area (Å²) >= 11 is 0. The van der Waals surface area contributed by atoms with Crippen LogP contribution < -0.4 is 10.7 Å². The number of hydrogen-bond acceptors (Lipinski definition) is 3. The van der Waals surface area contributed by atoms with E-state index in [1.165, 1.54) is 0 Å². The average molecular weight is 483 g/mol. The van der Waals surface area contributed by atoms with Gasteiger partial charge in [-0.15, -0.1) is 4.95 Å². The Morgan fingerprint density at radius 1 is 0.526 bits per heavy atom. The van der Waals surface area contributed by atoms with Crippen LogP contribution in [0.1, 0.15) is 0 Å². The molecule has 4 nitrogen and oxygen atoms in total. The molecule has 0 amide bonds. The van der Waals surface area contributed by atoms with Gasteiger partial charge in [0.2, 0.25) is 6.19 Å². The molecule has 0 spiro atoms. The van der Waals surface area contributed by atoms with Crippen LogP contribution in [0.2, 0.25) is 0 Å². The first kappa shape index (κ1) is 21.7. The second-order valence-corrected chi connectivity index (χ2v) is 9.18. The molecule has 0 aliphatic rings. The van der Waals surface area contributed by atoms with Crippen molar-refractivity contribution in [2.45, 2.75) is 0 Å². The number of rotatable bonds is 2. The molecule has 0 bridgehead atoms. The molecular weight excluding hydrogens is 464 g/mol. The van der Waals surface area contributed by atoms with Gasteiger partial charge in [-0.3, -0.25) is 0 Å². The lowest BCUT2D eigenvalue weighted by molar-refractivity contribution is 1.37. The van der Waals surface area contributed by atoms with Crippen molar-refractivity contribution in [1.82, 2.24) is 0 Å². The Bertz CT molecular complexity index is 2070. The summed E-state index contributed by atoms with van der Waals surface area (Å²) in [5.41, 5.74) is 4.06. The lowest BCUT2D eigenvalue weighted by Gasteiger charge is -2.14. The number of nitriles is 1. The molecule has 0 radical (unpaired) electrons. The van der Waals surface area contributed by atoms with E-state index in [1.807, 2.05) is 72.8 Å². The molecule has 0 saturated heterocycles. The lowest BCUT2D eigenvalue weighted by atomic mass is 9.88. The van der Waals surface area contributed by atoms with Crippen molar-refractivity contribution >= 4 is 43.1 Å². The molecule has 0 heterocycles. The van der Waals surface area contributed by atoms with Crippen LogP contribution >= 0.6 is 0 Å². The highest BCUT2D eigenvalue weighted by Crippen LogP contribution is 2.47. The predicted octanol–water partition coefficient (Wildman–Crippen LogP) is 7.63. The molecule has 0 unspecified atom stereocenters. The molecule has 0 atom stereocenters. The average Bonchev–Trinajstić information content (AvgIpc) is 3.47. The topological polar surface area (TPSA) is 52.9 Å². The standard InChI is InChI=1S/C34H18N4/c1-36-38-34-26-19-11-9-17-24(26)30-27(21-12-4-2-5-13-21)31-29(28(32(30)34)22-14-6-3-7-15-22)23-16-8-10-18-25(23)33(31)37-20-35/h2-19H/b37-33+,38-34+. The van der Waals surface area contributed by atoms with Gasteiger partial charge < -0.3 is 0 Å². The molecule has 0 saturated carbocycles. The van der Waals surface area contributed by atoms with Crippen molar-refractivity contribution in [1.29, 1.82) is 5.26 Å². The maximum Gasteiger partial charge on any atom is 0.206 e. The molecule has 174 valence electrons. The fraction of sp³-hybridized carbons (Fsp3) is 0. The van der Waals surface area contributed by atoms with Gasteiger partial charge in [0, 0.05) is 43.4 Å². The van der Waals surface area contributed by atoms with E-state index in [0.29, 0.717) is 10.7 Å². The Morgan fingerprint density at radius 3 is 1.42 bits per heavy atom. The summed E-state index contributed by atoms with van der Waals surface area (Å²) in [4.78, 5) is 7.91. The van der Waals surface area contributed by atoms with Gasteiger partial charge in [-0.05, 0) is 21.9 Å². The van der Waals surface area contributed by atoms with Crippen LogP contribution in [-0.4, -0.2) is 0 Å². The van der Waals surface area contributed by atoms with Crippen molar-refractivity contribution < 1.29 is 0 Å². The fourth-order valence-electron chi connectivity index (χ4n) is 5.95. The third-order valence-electron chi connectivity index (χ3n) is 7.31. The monoisotopic (exact) mass is 482 g/mol. The predicted molar refractivity (Wildman–Crippen MR) is 153 cm³/mol. The zero-order chi connectivity index (χ0) is 25.6. The molecule has 0 aliphatic heterocycles. The summed E-state index contributed by atoms with van der Waals surface area (Å²) in [6.45, 7) is 7.68. The van der Waals surface area contributed by atoms with Crippen LogP contribution in [0.25, 0.3) is 70.3 Å². The third kappa shape index (κ3) is 2.95. The van der Waals surface area contributed by atoms with Crippen LogP contribution in [0.15, 0.2) is 119 Å². The van der Waals surface area contributed by atoms with Gasteiger partial charge >= 0.3 is 0 Å². The van der Waals surface area contributed by atoms with E-state index in [1.54, 1.807) is 0 Å². The van der Waals surface area contributed by atoms with Gasteiger partial charge in [-0.25, -0.2) is 0 Å². The first-order valence-corrected chi connectivity index (χ1v) is 12.3. The van der Waals surface area contributed by atoms with Gasteiger partial charge in [-0.2, -0.15) is 16.8 Å². The van der Waals surface area contributed by atoms with E-state index in [-0.39, 0.29) is 0 Å². The van der Waals surface area contributed by atoms with Crippen LogP contribution in [0, 0.1) is 18.0 Å². The van der Waals surface area contributed by atoms with E-state index in [2.05, 4.69) is 57.6 Å². The highest BCUT2D eigenvalue weighted by atomic mass is 15.2. The van der Waals surface area contributed by atoms with Crippen molar-refractivity contribution in [2.75, 3.05) is 0 Å². The molecule has 7 aromatic rings. The SMILES string of the molecule is [C-]#[N+]/N=c1\c2ccccc2c2c(-c3ccccc3)c3/c(=N/C#N)c4ccccc4c3c(-c3ccccc3)c12. The largest absolute Gasteiger partial charge is 0.206 e. The van der Waals surface area contributed by atoms with E-state index in [4.69, 9.17) is 6.57 Å². The Kier molecular flexibility index (Phi) is 4.86. The summed E-state index contributed by atoms with van der Waals surface area (Å²) < 4.78 is 0. The van der Waals surface area contributed by atoms with Crippen molar-refractivity contribution in [3.05, 3.63) is 131 Å². The molecule has 0 aliphatic carbocycles. The molecule has 0 N–H and O–H groups in total. The normalized spacial score (nSPS) is 12.5. The highest BCUT2D eigenvalue weighted by Gasteiger charge is 2.26. The van der Waals surface area contributed by atoms with Crippen LogP contribution in [0.5, 0.6) is 0 Å². The van der Waals surface area contributed by atoms with Crippen molar-refractivity contribution in [2.24, 2.45) is 10.1 Å². The smallest absolute Gasteiger partial charge is 0.181 e. The minimum atomic E-state index is 0.671. The van der Waals surface area contributed by atoms with Gasteiger partial charge in [0.15, 0.2) is 5.36 Å². The van der Waals surface area contributed by atoms with Gasteiger partial charge in [0.05, 0.1) is 10.5 Å². The zero-order valence-electron chi connectivity index (χ0n) is 20.2. The Hall–Kier alpha value is -5.58. The van der Waals surface area contributed by atoms with Crippen molar-refractivity contribution in [3.63, 3.8) is 0 Å². The first-order valence-electron chi connectivity index (χ1n) is 12.3.